The number of anilines is 1. The minimum atomic E-state index is -0.459. The first-order valence-corrected chi connectivity index (χ1v) is 9.59. The highest BCUT2D eigenvalue weighted by atomic mass is 16.5. The van der Waals surface area contributed by atoms with Gasteiger partial charge < -0.3 is 15.4 Å². The van der Waals surface area contributed by atoms with E-state index in [9.17, 15) is 4.79 Å². The van der Waals surface area contributed by atoms with Gasteiger partial charge in [0, 0.05) is 24.7 Å². The smallest absolute Gasteiger partial charge is 0.244 e. The molecule has 3 aromatic rings. The van der Waals surface area contributed by atoms with Crippen molar-refractivity contribution in [1.29, 1.82) is 0 Å². The maximum atomic E-state index is 12.9. The minimum Gasteiger partial charge on any atom is -0.368 e. The summed E-state index contributed by atoms with van der Waals surface area (Å²) >= 11 is 0. The zero-order chi connectivity index (χ0) is 19.1. The number of benzene rings is 1. The Bertz CT molecular complexity index is 1040. The molecular weight excluding hydrogens is 356 g/mol. The predicted octanol–water partition coefficient (Wildman–Crippen LogP) is 1.50. The molecule has 1 spiro atoms. The van der Waals surface area contributed by atoms with Gasteiger partial charge in [0.15, 0.2) is 0 Å². The molecule has 0 atom stereocenters. The number of hydrogen-bond acceptors (Lipinski definition) is 6. The van der Waals surface area contributed by atoms with Crippen molar-refractivity contribution in [3.8, 4) is 0 Å². The number of aromatic nitrogens is 4. The number of amides is 1. The van der Waals surface area contributed by atoms with Crippen LogP contribution in [0.15, 0.2) is 36.7 Å². The van der Waals surface area contributed by atoms with Gasteiger partial charge in [-0.25, -0.2) is 9.97 Å². The number of carbonyl (C=O) groups is 1. The molecule has 4 heterocycles. The van der Waals surface area contributed by atoms with Gasteiger partial charge in [-0.1, -0.05) is 18.2 Å². The standard InChI is InChI=1S/C20H22N6O2/c21-19-22-11-15-5-10-28-20(18(15)24-19)6-8-25(9-7-20)17(27)13-26-16-4-2-1-3-14(16)12-23-26/h1-4,11-12H,5-10,13H2,(H2,21,22,24). The third-order valence-electron chi connectivity index (χ3n) is 5.82. The summed E-state index contributed by atoms with van der Waals surface area (Å²) in [6.45, 7) is 2.14. The van der Waals surface area contributed by atoms with Gasteiger partial charge in [0.05, 0.1) is 24.0 Å². The van der Waals surface area contributed by atoms with E-state index in [2.05, 4.69) is 15.1 Å². The summed E-state index contributed by atoms with van der Waals surface area (Å²) in [4.78, 5) is 23.3. The van der Waals surface area contributed by atoms with Gasteiger partial charge in [-0.3, -0.25) is 9.48 Å². The molecule has 5 rings (SSSR count). The second-order valence-electron chi connectivity index (χ2n) is 7.44. The predicted molar refractivity (Wildman–Crippen MR) is 103 cm³/mol. The maximum absolute atomic E-state index is 12.9. The fraction of sp³-hybridized carbons (Fsp3) is 0.400. The van der Waals surface area contributed by atoms with Gasteiger partial charge in [-0.15, -0.1) is 0 Å². The van der Waals surface area contributed by atoms with Crippen LogP contribution in [0.2, 0.25) is 0 Å². The second kappa shape index (κ2) is 6.56. The normalized spacial score (nSPS) is 18.4. The quantitative estimate of drug-likeness (QED) is 0.725. The van der Waals surface area contributed by atoms with Crippen LogP contribution in [0.5, 0.6) is 0 Å². The number of rotatable bonds is 2. The highest BCUT2D eigenvalue weighted by molar-refractivity contribution is 5.82. The Kier molecular flexibility index (Phi) is 4.01. The average molecular weight is 378 g/mol. The Labute approximate surface area is 162 Å². The van der Waals surface area contributed by atoms with Crippen LogP contribution in [0.25, 0.3) is 10.9 Å². The molecule has 8 heteroatoms. The monoisotopic (exact) mass is 378 g/mol. The van der Waals surface area contributed by atoms with Crippen molar-refractivity contribution in [1.82, 2.24) is 24.6 Å². The molecule has 1 saturated heterocycles. The van der Waals surface area contributed by atoms with Gasteiger partial charge >= 0.3 is 0 Å². The van der Waals surface area contributed by atoms with E-state index in [1.807, 2.05) is 35.4 Å². The third-order valence-corrected chi connectivity index (χ3v) is 5.82. The number of piperidine rings is 1. The zero-order valence-corrected chi connectivity index (χ0v) is 15.5. The van der Waals surface area contributed by atoms with Crippen molar-refractivity contribution < 1.29 is 9.53 Å². The van der Waals surface area contributed by atoms with E-state index in [1.54, 1.807) is 10.9 Å². The van der Waals surface area contributed by atoms with Crippen LogP contribution in [0.3, 0.4) is 0 Å². The van der Waals surface area contributed by atoms with Crippen LogP contribution in [0, 0.1) is 0 Å². The summed E-state index contributed by atoms with van der Waals surface area (Å²) in [7, 11) is 0. The van der Waals surface area contributed by atoms with Gasteiger partial charge in [-0.05, 0) is 30.9 Å². The molecular formula is C20H22N6O2. The van der Waals surface area contributed by atoms with Crippen molar-refractivity contribution >= 4 is 22.8 Å². The molecule has 2 aromatic heterocycles. The first-order chi connectivity index (χ1) is 13.6. The van der Waals surface area contributed by atoms with Gasteiger partial charge in [0.25, 0.3) is 0 Å². The highest BCUT2D eigenvalue weighted by Gasteiger charge is 2.43. The molecule has 2 aliphatic heterocycles. The molecule has 2 N–H and O–H groups in total. The summed E-state index contributed by atoms with van der Waals surface area (Å²) < 4.78 is 7.94. The maximum Gasteiger partial charge on any atom is 0.244 e. The van der Waals surface area contributed by atoms with Crippen molar-refractivity contribution in [2.24, 2.45) is 0 Å². The van der Waals surface area contributed by atoms with Gasteiger partial charge in [0.2, 0.25) is 11.9 Å². The van der Waals surface area contributed by atoms with Gasteiger partial charge in [0.1, 0.15) is 12.1 Å². The lowest BCUT2D eigenvalue weighted by Crippen LogP contribution is -2.49. The molecule has 8 nitrogen and oxygen atoms in total. The molecule has 1 fully saturated rings. The number of para-hydroxylation sites is 1. The molecule has 0 saturated carbocycles. The Morgan fingerprint density at radius 3 is 2.89 bits per heavy atom. The van der Waals surface area contributed by atoms with Crippen molar-refractivity contribution in [3.05, 3.63) is 47.9 Å². The molecule has 0 bridgehead atoms. The van der Waals surface area contributed by atoms with E-state index in [0.717, 1.165) is 28.6 Å². The van der Waals surface area contributed by atoms with Crippen LogP contribution in [0.1, 0.15) is 24.1 Å². The van der Waals surface area contributed by atoms with Crippen LogP contribution in [0.4, 0.5) is 5.95 Å². The number of nitrogens with zero attached hydrogens (tertiary/aromatic N) is 5. The number of nitrogens with two attached hydrogens (primary N) is 1. The molecule has 0 radical (unpaired) electrons. The van der Waals surface area contributed by atoms with E-state index >= 15 is 0 Å². The topological polar surface area (TPSA) is 99.2 Å². The summed E-state index contributed by atoms with van der Waals surface area (Å²) in [5.74, 6) is 0.342. The largest absolute Gasteiger partial charge is 0.368 e. The lowest BCUT2D eigenvalue weighted by atomic mass is 9.83. The zero-order valence-electron chi connectivity index (χ0n) is 15.5. The van der Waals surface area contributed by atoms with Crippen LogP contribution in [-0.2, 0) is 28.1 Å². The second-order valence-corrected chi connectivity index (χ2v) is 7.44. The van der Waals surface area contributed by atoms with Gasteiger partial charge in [-0.2, -0.15) is 5.10 Å². The molecule has 1 aromatic carbocycles. The Morgan fingerprint density at radius 1 is 1.21 bits per heavy atom. The summed E-state index contributed by atoms with van der Waals surface area (Å²) in [5, 5.41) is 5.41. The van der Waals surface area contributed by atoms with Crippen molar-refractivity contribution in [2.75, 3.05) is 25.4 Å². The fourth-order valence-corrected chi connectivity index (χ4v) is 4.30. The van der Waals surface area contributed by atoms with E-state index in [4.69, 9.17) is 10.5 Å². The Hall–Kier alpha value is -3.00. The third kappa shape index (κ3) is 2.80. The number of hydrogen-bond donors (Lipinski definition) is 1. The molecule has 144 valence electrons. The first kappa shape index (κ1) is 17.1. The van der Waals surface area contributed by atoms with Crippen LogP contribution < -0.4 is 5.73 Å². The summed E-state index contributed by atoms with van der Waals surface area (Å²) in [6, 6.07) is 7.91. The first-order valence-electron chi connectivity index (χ1n) is 9.59. The number of likely N-dealkylation sites (tertiary alicyclic amines) is 1. The lowest BCUT2D eigenvalue weighted by Gasteiger charge is -2.44. The SMILES string of the molecule is Nc1ncc2c(n1)C1(CCN(C(=O)Cn3ncc4ccccc43)CC1)OCC2. The van der Waals surface area contributed by atoms with Crippen LogP contribution in [-0.4, -0.2) is 50.3 Å². The average Bonchev–Trinajstić information content (AvgIpc) is 3.12. The number of carbonyl (C=O) groups excluding carboxylic acids is 1. The van der Waals surface area contributed by atoms with Crippen molar-refractivity contribution in [2.45, 2.75) is 31.4 Å². The number of fused-ring (bicyclic) bond motifs is 3. The summed E-state index contributed by atoms with van der Waals surface area (Å²) in [5.41, 5.74) is 8.33. The Balaban J connectivity index is 1.31. The molecule has 0 aliphatic carbocycles. The van der Waals surface area contributed by atoms with E-state index in [1.165, 1.54) is 0 Å². The van der Waals surface area contributed by atoms with Crippen LogP contribution >= 0.6 is 0 Å². The highest BCUT2D eigenvalue weighted by Crippen LogP contribution is 2.40. The summed E-state index contributed by atoms with van der Waals surface area (Å²) in [6.07, 6.45) is 5.82. The Morgan fingerprint density at radius 2 is 2.04 bits per heavy atom. The molecule has 1 amide bonds. The number of ether oxygens (including phenoxy) is 1. The molecule has 28 heavy (non-hydrogen) atoms. The minimum absolute atomic E-state index is 0.0712. The molecule has 0 unspecified atom stereocenters. The molecule has 2 aliphatic rings. The lowest BCUT2D eigenvalue weighted by molar-refractivity contribution is -0.142. The van der Waals surface area contributed by atoms with Crippen molar-refractivity contribution in [3.63, 3.8) is 0 Å². The van der Waals surface area contributed by atoms with E-state index < -0.39 is 5.60 Å². The van der Waals surface area contributed by atoms with E-state index in [-0.39, 0.29) is 18.4 Å². The van der Waals surface area contributed by atoms with E-state index in [0.29, 0.717) is 32.5 Å². The fourth-order valence-electron chi connectivity index (χ4n) is 4.30. The number of nitrogen functional groups attached to an aromatic ring is 1.